The average molecular weight is 135 g/mol. The lowest BCUT2D eigenvalue weighted by Crippen LogP contribution is -1.66. The van der Waals surface area contributed by atoms with E-state index in [1.54, 1.807) is 12.3 Å². The minimum atomic E-state index is -0.0892. The number of nitrogens with zero attached hydrogens (tertiary/aromatic N) is 1. The molecule has 0 aliphatic rings. The lowest BCUT2D eigenvalue weighted by Gasteiger charge is -1.80. The third kappa shape index (κ3) is 0.639. The summed E-state index contributed by atoms with van der Waals surface area (Å²) < 4.78 is 4.81. The van der Waals surface area contributed by atoms with E-state index in [2.05, 4.69) is 4.98 Å². The smallest absolute Gasteiger partial charge is 0.284 e. The monoisotopic (exact) mass is 135 g/mol. The summed E-state index contributed by atoms with van der Waals surface area (Å²) in [4.78, 5) is 3.88. The summed E-state index contributed by atoms with van der Waals surface area (Å²) in [5, 5.41) is 9.67. The van der Waals surface area contributed by atoms with Gasteiger partial charge in [-0.15, -0.1) is 0 Å². The van der Waals surface area contributed by atoms with Gasteiger partial charge in [-0.05, 0) is 12.1 Å². The van der Waals surface area contributed by atoms with Crippen LogP contribution in [0.5, 0.6) is 5.95 Å². The zero-order chi connectivity index (χ0) is 6.97. The molecule has 2 heterocycles. The maximum absolute atomic E-state index is 8.85. The van der Waals surface area contributed by atoms with Crippen molar-refractivity contribution in [3.63, 3.8) is 0 Å². The predicted octanol–water partition coefficient (Wildman–Crippen LogP) is 1.53. The van der Waals surface area contributed by atoms with Crippen LogP contribution in [0.1, 0.15) is 0 Å². The van der Waals surface area contributed by atoms with Gasteiger partial charge in [0.25, 0.3) is 5.95 Å². The second-order valence-electron chi connectivity index (χ2n) is 1.98. The van der Waals surface area contributed by atoms with Crippen molar-refractivity contribution in [2.45, 2.75) is 0 Å². The van der Waals surface area contributed by atoms with Gasteiger partial charge >= 0.3 is 0 Å². The Balaban J connectivity index is 2.88. The quantitative estimate of drug-likeness (QED) is 0.595. The Hall–Kier alpha value is -1.51. The first-order valence-electron chi connectivity index (χ1n) is 2.90. The fourth-order valence-corrected chi connectivity index (χ4v) is 0.860. The summed E-state index contributed by atoms with van der Waals surface area (Å²) in [6.07, 6.45) is 1.62. The molecule has 0 fully saturated rings. The minimum absolute atomic E-state index is 0.0892. The van der Waals surface area contributed by atoms with Crippen molar-refractivity contribution >= 4 is 11.1 Å². The van der Waals surface area contributed by atoms with Gasteiger partial charge in [0, 0.05) is 17.6 Å². The fourth-order valence-electron chi connectivity index (χ4n) is 0.860. The number of aromatic nitrogens is 1. The second-order valence-corrected chi connectivity index (χ2v) is 1.98. The van der Waals surface area contributed by atoms with Gasteiger partial charge in [0.05, 0.1) is 0 Å². The Morgan fingerprint density at radius 1 is 1.50 bits per heavy atom. The van der Waals surface area contributed by atoms with E-state index in [0.29, 0.717) is 5.71 Å². The molecule has 1 N–H and O–H groups in total. The van der Waals surface area contributed by atoms with E-state index in [-0.39, 0.29) is 5.95 Å². The number of pyridine rings is 1. The van der Waals surface area contributed by atoms with Crippen LogP contribution in [0.2, 0.25) is 0 Å². The zero-order valence-corrected chi connectivity index (χ0v) is 5.11. The Kier molecular flexibility index (Phi) is 0.917. The number of aromatic hydroxyl groups is 1. The molecule has 0 radical (unpaired) electrons. The number of hydrogen-bond donors (Lipinski definition) is 1. The van der Waals surface area contributed by atoms with Gasteiger partial charge in [-0.3, -0.25) is 0 Å². The largest absolute Gasteiger partial charge is 0.481 e. The lowest BCUT2D eigenvalue weighted by atomic mass is 10.3. The van der Waals surface area contributed by atoms with Crippen LogP contribution in [0.4, 0.5) is 0 Å². The molecule has 0 unspecified atom stereocenters. The number of furan rings is 1. The zero-order valence-electron chi connectivity index (χ0n) is 5.11. The molecule has 0 aliphatic heterocycles. The van der Waals surface area contributed by atoms with Crippen LogP contribution in [0.15, 0.2) is 28.8 Å². The highest BCUT2D eigenvalue weighted by atomic mass is 16.5. The first-order chi connectivity index (χ1) is 4.86. The highest BCUT2D eigenvalue weighted by molar-refractivity contribution is 5.74. The van der Waals surface area contributed by atoms with Crippen LogP contribution < -0.4 is 0 Å². The second kappa shape index (κ2) is 1.73. The molecule has 0 amide bonds. The molecule has 0 atom stereocenters. The Bertz CT molecular complexity index is 320. The molecule has 2 aromatic rings. The van der Waals surface area contributed by atoms with Crippen molar-refractivity contribution < 1.29 is 9.52 Å². The topological polar surface area (TPSA) is 46.3 Å². The molecule has 0 saturated carbocycles. The molecular weight excluding hydrogens is 130 g/mol. The van der Waals surface area contributed by atoms with Crippen LogP contribution in [-0.2, 0) is 0 Å². The Morgan fingerprint density at radius 2 is 2.40 bits per heavy atom. The van der Waals surface area contributed by atoms with Gasteiger partial charge in [-0.1, -0.05) is 0 Å². The Labute approximate surface area is 56.9 Å². The summed E-state index contributed by atoms with van der Waals surface area (Å²) in [5.41, 5.74) is 0.472. The standard InChI is InChI=1S/C7H5NO2/c9-6-4-5-2-1-3-8-7(5)10-6/h1-4,9H. The van der Waals surface area contributed by atoms with E-state index in [1.165, 1.54) is 6.07 Å². The highest BCUT2D eigenvalue weighted by Crippen LogP contribution is 2.20. The van der Waals surface area contributed by atoms with Crippen LogP contribution in [-0.4, -0.2) is 10.1 Å². The molecule has 10 heavy (non-hydrogen) atoms. The van der Waals surface area contributed by atoms with E-state index in [4.69, 9.17) is 9.52 Å². The van der Waals surface area contributed by atoms with E-state index in [1.807, 2.05) is 6.07 Å². The molecule has 0 saturated heterocycles. The summed E-state index contributed by atoms with van der Waals surface area (Å²) >= 11 is 0. The van der Waals surface area contributed by atoms with Crippen LogP contribution in [0.25, 0.3) is 11.1 Å². The van der Waals surface area contributed by atoms with Gasteiger partial charge in [0.2, 0.25) is 5.71 Å². The predicted molar refractivity (Wildman–Crippen MR) is 35.7 cm³/mol. The van der Waals surface area contributed by atoms with E-state index in [0.717, 1.165) is 5.39 Å². The molecule has 0 aliphatic carbocycles. The highest BCUT2D eigenvalue weighted by Gasteiger charge is 1.99. The van der Waals surface area contributed by atoms with Crippen molar-refractivity contribution in [1.29, 1.82) is 0 Å². The molecule has 0 aromatic carbocycles. The van der Waals surface area contributed by atoms with Crippen LogP contribution >= 0.6 is 0 Å². The van der Waals surface area contributed by atoms with E-state index in [9.17, 15) is 0 Å². The maximum Gasteiger partial charge on any atom is 0.284 e. The molecule has 3 heteroatoms. The van der Waals surface area contributed by atoms with Crippen LogP contribution in [0, 0.1) is 0 Å². The fraction of sp³-hybridized carbons (Fsp3) is 0. The SMILES string of the molecule is Oc1cc2cccnc2o1. The van der Waals surface area contributed by atoms with Crippen LogP contribution in [0.3, 0.4) is 0 Å². The van der Waals surface area contributed by atoms with Gasteiger partial charge < -0.3 is 9.52 Å². The van der Waals surface area contributed by atoms with E-state index < -0.39 is 0 Å². The number of hydrogen-bond acceptors (Lipinski definition) is 3. The van der Waals surface area contributed by atoms with Gasteiger partial charge in [0.15, 0.2) is 0 Å². The molecular formula is C7H5NO2. The van der Waals surface area contributed by atoms with Gasteiger partial charge in [-0.25, -0.2) is 4.98 Å². The number of fused-ring (bicyclic) bond motifs is 1. The third-order valence-corrected chi connectivity index (χ3v) is 1.28. The lowest BCUT2D eigenvalue weighted by molar-refractivity contribution is 0.344. The number of rotatable bonds is 0. The normalized spacial score (nSPS) is 10.4. The third-order valence-electron chi connectivity index (χ3n) is 1.28. The summed E-state index contributed by atoms with van der Waals surface area (Å²) in [5.74, 6) is -0.0892. The van der Waals surface area contributed by atoms with E-state index >= 15 is 0 Å². The molecule has 0 spiro atoms. The van der Waals surface area contributed by atoms with Crippen molar-refractivity contribution in [1.82, 2.24) is 4.98 Å². The first kappa shape index (κ1) is 5.29. The van der Waals surface area contributed by atoms with Crippen molar-refractivity contribution in [2.75, 3.05) is 0 Å². The summed E-state index contributed by atoms with van der Waals surface area (Å²) in [6.45, 7) is 0. The molecule has 0 bridgehead atoms. The molecule has 2 aromatic heterocycles. The van der Waals surface area contributed by atoms with Crippen molar-refractivity contribution in [3.8, 4) is 5.95 Å². The summed E-state index contributed by atoms with van der Waals surface area (Å²) in [6, 6.07) is 5.14. The molecule has 2 rings (SSSR count). The maximum atomic E-state index is 8.85. The first-order valence-corrected chi connectivity index (χ1v) is 2.90. The van der Waals surface area contributed by atoms with Crippen molar-refractivity contribution in [3.05, 3.63) is 24.4 Å². The van der Waals surface area contributed by atoms with Gasteiger partial charge in [0.1, 0.15) is 0 Å². The Morgan fingerprint density at radius 3 is 3.20 bits per heavy atom. The van der Waals surface area contributed by atoms with Crippen molar-refractivity contribution in [2.24, 2.45) is 0 Å². The summed E-state index contributed by atoms with van der Waals surface area (Å²) in [7, 11) is 0. The minimum Gasteiger partial charge on any atom is -0.481 e. The average Bonchev–Trinajstić information content (AvgIpc) is 2.27. The molecule has 50 valence electrons. The molecule has 3 nitrogen and oxygen atoms in total. The van der Waals surface area contributed by atoms with Gasteiger partial charge in [-0.2, -0.15) is 0 Å².